The first kappa shape index (κ1) is 15.8. The van der Waals surface area contributed by atoms with Gasteiger partial charge >= 0.3 is 5.97 Å². The SMILES string of the molecule is CC(C)(CNc1ccc(C(=O)O)cc1Cl)S(C)(=O)=O. The number of anilines is 1. The summed E-state index contributed by atoms with van der Waals surface area (Å²) in [4.78, 5) is 10.8. The fourth-order valence-electron chi connectivity index (χ4n) is 1.23. The van der Waals surface area contributed by atoms with E-state index in [4.69, 9.17) is 16.7 Å². The van der Waals surface area contributed by atoms with Gasteiger partial charge in [-0.3, -0.25) is 0 Å². The average Bonchev–Trinajstić information content (AvgIpc) is 2.25. The quantitative estimate of drug-likeness (QED) is 0.872. The molecule has 106 valence electrons. The molecule has 0 saturated heterocycles. The van der Waals surface area contributed by atoms with Crippen molar-refractivity contribution in [3.63, 3.8) is 0 Å². The second-order valence-corrected chi connectivity index (χ2v) is 7.94. The van der Waals surface area contributed by atoms with Gasteiger partial charge in [0.25, 0.3) is 0 Å². The van der Waals surface area contributed by atoms with E-state index in [2.05, 4.69) is 5.32 Å². The summed E-state index contributed by atoms with van der Waals surface area (Å²) in [5.41, 5.74) is 0.585. The molecule has 1 aromatic rings. The van der Waals surface area contributed by atoms with Crippen molar-refractivity contribution in [1.29, 1.82) is 0 Å². The van der Waals surface area contributed by atoms with Crippen molar-refractivity contribution in [2.45, 2.75) is 18.6 Å². The number of carbonyl (C=O) groups is 1. The van der Waals surface area contributed by atoms with Gasteiger partial charge in [0, 0.05) is 12.8 Å². The Kier molecular flexibility index (Phi) is 4.47. The number of hydrogen-bond donors (Lipinski definition) is 2. The maximum absolute atomic E-state index is 11.6. The van der Waals surface area contributed by atoms with E-state index < -0.39 is 20.6 Å². The van der Waals surface area contributed by atoms with Gasteiger partial charge in [-0.15, -0.1) is 0 Å². The second-order valence-electron chi connectivity index (χ2n) is 4.89. The van der Waals surface area contributed by atoms with Crippen molar-refractivity contribution in [1.82, 2.24) is 0 Å². The van der Waals surface area contributed by atoms with Gasteiger partial charge < -0.3 is 10.4 Å². The fraction of sp³-hybridized carbons (Fsp3) is 0.417. The minimum absolute atomic E-state index is 0.0814. The van der Waals surface area contributed by atoms with E-state index in [1.807, 2.05) is 0 Å². The molecule has 5 nitrogen and oxygen atoms in total. The van der Waals surface area contributed by atoms with Crippen LogP contribution in [0.15, 0.2) is 18.2 Å². The standard InChI is InChI=1S/C12H16ClNO4S/c1-12(2,19(3,17)18)7-14-10-5-4-8(11(15)16)6-9(10)13/h4-6,14H,7H2,1-3H3,(H,15,16). The highest BCUT2D eigenvalue weighted by Gasteiger charge is 2.30. The maximum Gasteiger partial charge on any atom is 0.335 e. The molecule has 1 aromatic carbocycles. The van der Waals surface area contributed by atoms with E-state index in [9.17, 15) is 13.2 Å². The highest BCUT2D eigenvalue weighted by atomic mass is 35.5. The van der Waals surface area contributed by atoms with Crippen LogP contribution in [0.3, 0.4) is 0 Å². The van der Waals surface area contributed by atoms with Crippen LogP contribution in [0, 0.1) is 0 Å². The van der Waals surface area contributed by atoms with Crippen LogP contribution in [0.2, 0.25) is 5.02 Å². The van der Waals surface area contributed by atoms with Gasteiger partial charge in [-0.05, 0) is 32.0 Å². The summed E-state index contributed by atoms with van der Waals surface area (Å²) in [6.07, 6.45) is 1.17. The first-order chi connectivity index (χ1) is 8.54. The number of nitrogens with one attached hydrogen (secondary N) is 1. The molecule has 0 saturated carbocycles. The van der Waals surface area contributed by atoms with Crippen molar-refractivity contribution in [3.8, 4) is 0 Å². The number of aromatic carboxylic acids is 1. The van der Waals surface area contributed by atoms with Crippen LogP contribution in [-0.4, -0.2) is 37.0 Å². The molecule has 0 radical (unpaired) electrons. The van der Waals surface area contributed by atoms with Crippen molar-refractivity contribution >= 4 is 33.1 Å². The molecule has 0 bridgehead atoms. The first-order valence-electron chi connectivity index (χ1n) is 5.51. The topological polar surface area (TPSA) is 83.5 Å². The van der Waals surface area contributed by atoms with E-state index in [0.717, 1.165) is 0 Å². The lowest BCUT2D eigenvalue weighted by atomic mass is 10.1. The third kappa shape index (κ3) is 3.84. The lowest BCUT2D eigenvalue weighted by Crippen LogP contribution is -2.38. The number of rotatable bonds is 5. The van der Waals surface area contributed by atoms with Crippen LogP contribution in [0.4, 0.5) is 5.69 Å². The Bertz CT molecular complexity index is 596. The third-order valence-corrected chi connectivity index (χ3v) is 5.39. The molecule has 7 heteroatoms. The number of carboxylic acids is 1. The minimum Gasteiger partial charge on any atom is -0.478 e. The van der Waals surface area contributed by atoms with Gasteiger partial charge in [-0.2, -0.15) is 0 Å². The van der Waals surface area contributed by atoms with Crippen LogP contribution in [0.25, 0.3) is 0 Å². The molecular formula is C12H16ClNO4S. The molecular weight excluding hydrogens is 290 g/mol. The van der Waals surface area contributed by atoms with Gasteiger partial charge in [0.15, 0.2) is 9.84 Å². The Hall–Kier alpha value is -1.27. The van der Waals surface area contributed by atoms with Gasteiger partial charge in [-0.25, -0.2) is 13.2 Å². The lowest BCUT2D eigenvalue weighted by Gasteiger charge is -2.23. The van der Waals surface area contributed by atoms with Gasteiger partial charge in [0.05, 0.1) is 21.0 Å². The second kappa shape index (κ2) is 5.38. The Morgan fingerprint density at radius 1 is 1.42 bits per heavy atom. The third-order valence-electron chi connectivity index (χ3n) is 2.92. The largest absolute Gasteiger partial charge is 0.478 e. The average molecular weight is 306 g/mol. The van der Waals surface area contributed by atoms with Crippen LogP contribution in [0.1, 0.15) is 24.2 Å². The van der Waals surface area contributed by atoms with E-state index >= 15 is 0 Å². The molecule has 0 aliphatic carbocycles. The molecule has 0 aliphatic heterocycles. The molecule has 0 unspecified atom stereocenters. The van der Waals surface area contributed by atoms with Crippen LogP contribution in [-0.2, 0) is 9.84 Å². The van der Waals surface area contributed by atoms with E-state index in [-0.39, 0.29) is 17.1 Å². The van der Waals surface area contributed by atoms with Gasteiger partial charge in [0.2, 0.25) is 0 Å². The van der Waals surface area contributed by atoms with Crippen molar-refractivity contribution in [3.05, 3.63) is 28.8 Å². The Morgan fingerprint density at radius 2 is 2.00 bits per heavy atom. The molecule has 0 aliphatic rings. The smallest absolute Gasteiger partial charge is 0.335 e. The zero-order chi connectivity index (χ0) is 14.8. The fourth-order valence-corrected chi connectivity index (χ4v) is 1.81. The van der Waals surface area contributed by atoms with Gasteiger partial charge in [0.1, 0.15) is 0 Å². The normalized spacial score (nSPS) is 12.2. The summed E-state index contributed by atoms with van der Waals surface area (Å²) in [5, 5.41) is 12.0. The van der Waals surface area contributed by atoms with Crippen molar-refractivity contribution < 1.29 is 18.3 Å². The molecule has 1 rings (SSSR count). The molecule has 0 aromatic heterocycles. The lowest BCUT2D eigenvalue weighted by molar-refractivity contribution is 0.0697. The van der Waals surface area contributed by atoms with E-state index in [1.54, 1.807) is 13.8 Å². The zero-order valence-electron chi connectivity index (χ0n) is 10.9. The zero-order valence-corrected chi connectivity index (χ0v) is 12.5. The summed E-state index contributed by atoms with van der Waals surface area (Å²) in [6, 6.07) is 4.24. The van der Waals surface area contributed by atoms with Crippen LogP contribution >= 0.6 is 11.6 Å². The summed E-state index contributed by atoms with van der Waals surface area (Å²) >= 11 is 5.94. The maximum atomic E-state index is 11.6. The molecule has 0 heterocycles. The molecule has 2 N–H and O–H groups in total. The van der Waals surface area contributed by atoms with E-state index in [0.29, 0.717) is 5.69 Å². The Balaban J connectivity index is 2.88. The number of benzene rings is 1. The number of hydrogen-bond acceptors (Lipinski definition) is 4. The first-order valence-corrected chi connectivity index (χ1v) is 7.78. The number of halogens is 1. The number of carboxylic acid groups (broad SMARTS) is 1. The number of sulfone groups is 1. The summed E-state index contributed by atoms with van der Waals surface area (Å²) in [7, 11) is -3.21. The van der Waals surface area contributed by atoms with Gasteiger partial charge in [-0.1, -0.05) is 11.6 Å². The molecule has 0 amide bonds. The molecule has 0 atom stereocenters. The molecule has 0 spiro atoms. The van der Waals surface area contributed by atoms with Crippen LogP contribution in [0.5, 0.6) is 0 Å². The van der Waals surface area contributed by atoms with Crippen LogP contribution < -0.4 is 5.32 Å². The molecule has 0 fully saturated rings. The Labute approximate surface area is 117 Å². The van der Waals surface area contributed by atoms with E-state index in [1.165, 1.54) is 24.5 Å². The summed E-state index contributed by atoms with van der Waals surface area (Å²) < 4.78 is 22.2. The summed E-state index contributed by atoms with van der Waals surface area (Å²) in [5.74, 6) is -1.06. The molecule has 19 heavy (non-hydrogen) atoms. The Morgan fingerprint density at radius 3 is 2.42 bits per heavy atom. The minimum atomic E-state index is -3.21. The monoisotopic (exact) mass is 305 g/mol. The highest BCUT2D eigenvalue weighted by Crippen LogP contribution is 2.25. The van der Waals surface area contributed by atoms with Crippen molar-refractivity contribution in [2.75, 3.05) is 18.1 Å². The van der Waals surface area contributed by atoms with Crippen molar-refractivity contribution in [2.24, 2.45) is 0 Å². The summed E-state index contributed by atoms with van der Waals surface area (Å²) in [6.45, 7) is 3.39. The predicted molar refractivity (Wildman–Crippen MR) is 75.8 cm³/mol. The highest BCUT2D eigenvalue weighted by molar-refractivity contribution is 7.92. The predicted octanol–water partition coefficient (Wildman–Crippen LogP) is 2.27.